The van der Waals surface area contributed by atoms with Crippen LogP contribution in [0.2, 0.25) is 0 Å². The van der Waals surface area contributed by atoms with Crippen molar-refractivity contribution >= 4 is 11.8 Å². The zero-order chi connectivity index (χ0) is 14.4. The molecule has 1 fully saturated rings. The second-order valence-corrected chi connectivity index (χ2v) is 6.98. The molecule has 0 amide bonds. The highest BCUT2D eigenvalue weighted by Crippen LogP contribution is 2.26. The average molecular weight is 295 g/mol. The molecule has 0 aliphatic carbocycles. The molecule has 1 aromatic carbocycles. The lowest BCUT2D eigenvalue weighted by Crippen LogP contribution is -2.43. The van der Waals surface area contributed by atoms with E-state index < -0.39 is 5.60 Å². The molecule has 3 nitrogen and oxygen atoms in total. The molecule has 1 saturated heterocycles. The molecule has 2 N–H and O–H groups in total. The number of ether oxygens (including phenoxy) is 1. The Labute approximate surface area is 126 Å². The normalized spacial score (nSPS) is 18.2. The summed E-state index contributed by atoms with van der Waals surface area (Å²) in [7, 11) is 0. The van der Waals surface area contributed by atoms with Gasteiger partial charge in [-0.25, -0.2) is 0 Å². The maximum Gasteiger partial charge on any atom is 0.119 e. The van der Waals surface area contributed by atoms with E-state index in [4.69, 9.17) is 4.74 Å². The van der Waals surface area contributed by atoms with Crippen LogP contribution in [0.1, 0.15) is 32.3 Å². The fraction of sp³-hybridized carbons (Fsp3) is 0.625. The largest absolute Gasteiger partial charge is 0.491 e. The van der Waals surface area contributed by atoms with Crippen molar-refractivity contribution in [1.29, 1.82) is 0 Å². The van der Waals surface area contributed by atoms with Gasteiger partial charge in [-0.2, -0.15) is 11.8 Å². The highest BCUT2D eigenvalue weighted by Gasteiger charge is 2.28. The molecule has 4 heteroatoms. The Hall–Kier alpha value is -0.710. The lowest BCUT2D eigenvalue weighted by molar-refractivity contribution is 0.0320. The smallest absolute Gasteiger partial charge is 0.119 e. The summed E-state index contributed by atoms with van der Waals surface area (Å²) in [6.45, 7) is 5.52. The van der Waals surface area contributed by atoms with E-state index >= 15 is 0 Å². The summed E-state index contributed by atoms with van der Waals surface area (Å²) < 4.78 is 5.62. The van der Waals surface area contributed by atoms with Crippen LogP contribution < -0.4 is 10.1 Å². The fourth-order valence-electron chi connectivity index (χ4n) is 2.33. The minimum atomic E-state index is -0.508. The van der Waals surface area contributed by atoms with E-state index in [0.29, 0.717) is 6.54 Å². The molecule has 0 unspecified atom stereocenters. The van der Waals surface area contributed by atoms with Gasteiger partial charge in [0.25, 0.3) is 0 Å². The van der Waals surface area contributed by atoms with E-state index in [2.05, 4.69) is 17.4 Å². The number of nitrogens with one attached hydrogen (secondary N) is 1. The predicted octanol–water partition coefficient (Wildman–Crippen LogP) is 2.82. The van der Waals surface area contributed by atoms with Crippen molar-refractivity contribution in [2.75, 3.05) is 18.1 Å². The van der Waals surface area contributed by atoms with Crippen LogP contribution in [0.5, 0.6) is 5.75 Å². The maximum absolute atomic E-state index is 10.4. The van der Waals surface area contributed by atoms with Gasteiger partial charge in [0.15, 0.2) is 0 Å². The Kier molecular flexibility index (Phi) is 5.75. The topological polar surface area (TPSA) is 41.5 Å². The second-order valence-electron chi connectivity index (χ2n) is 5.75. The van der Waals surface area contributed by atoms with E-state index in [1.165, 1.54) is 5.56 Å². The Morgan fingerprint density at radius 1 is 1.25 bits per heavy atom. The Morgan fingerprint density at radius 3 is 2.50 bits per heavy atom. The number of hydrogen-bond donors (Lipinski definition) is 2. The Bertz CT molecular complexity index is 399. The molecule has 1 aliphatic heterocycles. The first-order chi connectivity index (χ1) is 9.57. The van der Waals surface area contributed by atoms with Crippen molar-refractivity contribution in [3.63, 3.8) is 0 Å². The predicted molar refractivity (Wildman–Crippen MR) is 85.4 cm³/mol. The minimum absolute atomic E-state index is 0.206. The number of rotatable bonds is 6. The minimum Gasteiger partial charge on any atom is -0.491 e. The first kappa shape index (κ1) is 15.7. The van der Waals surface area contributed by atoms with Crippen molar-refractivity contribution < 1.29 is 9.84 Å². The van der Waals surface area contributed by atoms with Gasteiger partial charge in [0, 0.05) is 13.1 Å². The van der Waals surface area contributed by atoms with Gasteiger partial charge in [0.1, 0.15) is 5.75 Å². The molecule has 0 aromatic heterocycles. The van der Waals surface area contributed by atoms with Crippen molar-refractivity contribution in [1.82, 2.24) is 5.32 Å². The molecule has 112 valence electrons. The van der Waals surface area contributed by atoms with Crippen LogP contribution in [-0.4, -0.2) is 34.9 Å². The summed E-state index contributed by atoms with van der Waals surface area (Å²) in [4.78, 5) is 0. The zero-order valence-electron chi connectivity index (χ0n) is 12.4. The summed E-state index contributed by atoms with van der Waals surface area (Å²) in [6.07, 6.45) is 2.00. The van der Waals surface area contributed by atoms with Crippen molar-refractivity contribution in [2.45, 2.75) is 44.9 Å². The van der Waals surface area contributed by atoms with Crippen LogP contribution >= 0.6 is 11.8 Å². The number of thioether (sulfide) groups is 1. The molecule has 1 heterocycles. The third-order valence-corrected chi connectivity index (χ3v) is 4.49. The van der Waals surface area contributed by atoms with Crippen LogP contribution in [0.25, 0.3) is 0 Å². The van der Waals surface area contributed by atoms with Crippen LogP contribution in [-0.2, 0) is 6.54 Å². The van der Waals surface area contributed by atoms with Crippen LogP contribution in [0.15, 0.2) is 24.3 Å². The monoisotopic (exact) mass is 295 g/mol. The summed E-state index contributed by atoms with van der Waals surface area (Å²) in [5.74, 6) is 3.05. The third kappa shape index (κ3) is 5.00. The Balaban J connectivity index is 1.76. The maximum atomic E-state index is 10.4. The first-order valence-electron chi connectivity index (χ1n) is 7.34. The zero-order valence-corrected chi connectivity index (χ0v) is 13.2. The summed E-state index contributed by atoms with van der Waals surface area (Å²) in [5, 5.41) is 13.8. The number of aliphatic hydroxyl groups is 1. The summed E-state index contributed by atoms with van der Waals surface area (Å²) in [6, 6.07) is 8.16. The summed E-state index contributed by atoms with van der Waals surface area (Å²) in [5.41, 5.74) is 0.709. The van der Waals surface area contributed by atoms with Crippen molar-refractivity contribution in [3.8, 4) is 5.75 Å². The third-order valence-electron chi connectivity index (χ3n) is 3.50. The van der Waals surface area contributed by atoms with Crippen LogP contribution in [0.3, 0.4) is 0 Å². The van der Waals surface area contributed by atoms with Gasteiger partial charge in [0.05, 0.1) is 11.7 Å². The van der Waals surface area contributed by atoms with Crippen LogP contribution in [0.4, 0.5) is 0 Å². The van der Waals surface area contributed by atoms with Gasteiger partial charge in [0.2, 0.25) is 0 Å². The molecule has 0 atom stereocenters. The molecular formula is C16H25NO2S. The van der Waals surface area contributed by atoms with Gasteiger partial charge >= 0.3 is 0 Å². The number of benzene rings is 1. The van der Waals surface area contributed by atoms with E-state index in [-0.39, 0.29) is 6.10 Å². The lowest BCUT2D eigenvalue weighted by Gasteiger charge is -2.32. The average Bonchev–Trinajstić information content (AvgIpc) is 2.41. The lowest BCUT2D eigenvalue weighted by atomic mass is 9.97. The SMILES string of the molecule is CC(C)Oc1ccc(CNCC2(O)CCSCC2)cc1. The fourth-order valence-corrected chi connectivity index (χ4v) is 3.58. The van der Waals surface area contributed by atoms with Gasteiger partial charge < -0.3 is 15.2 Å². The van der Waals surface area contributed by atoms with Gasteiger partial charge in [-0.15, -0.1) is 0 Å². The van der Waals surface area contributed by atoms with E-state index in [0.717, 1.165) is 36.6 Å². The molecule has 0 saturated carbocycles. The molecule has 1 aromatic rings. The highest BCUT2D eigenvalue weighted by atomic mass is 32.2. The van der Waals surface area contributed by atoms with Gasteiger partial charge in [-0.3, -0.25) is 0 Å². The quantitative estimate of drug-likeness (QED) is 0.847. The molecule has 0 radical (unpaired) electrons. The van der Waals surface area contributed by atoms with Gasteiger partial charge in [-0.05, 0) is 55.9 Å². The molecule has 0 bridgehead atoms. The second kappa shape index (κ2) is 7.34. The molecule has 1 aliphatic rings. The highest BCUT2D eigenvalue weighted by molar-refractivity contribution is 7.99. The number of hydrogen-bond acceptors (Lipinski definition) is 4. The van der Waals surface area contributed by atoms with E-state index in [9.17, 15) is 5.11 Å². The molecular weight excluding hydrogens is 270 g/mol. The summed E-state index contributed by atoms with van der Waals surface area (Å²) >= 11 is 1.93. The van der Waals surface area contributed by atoms with Crippen molar-refractivity contribution in [2.24, 2.45) is 0 Å². The van der Waals surface area contributed by atoms with E-state index in [1.54, 1.807) is 0 Å². The van der Waals surface area contributed by atoms with Crippen molar-refractivity contribution in [3.05, 3.63) is 29.8 Å². The van der Waals surface area contributed by atoms with Crippen LogP contribution in [0, 0.1) is 0 Å². The molecule has 0 spiro atoms. The molecule has 2 rings (SSSR count). The molecule has 20 heavy (non-hydrogen) atoms. The Morgan fingerprint density at radius 2 is 1.90 bits per heavy atom. The standard InChI is InChI=1S/C16H25NO2S/c1-13(2)19-15-5-3-14(4-6-15)11-17-12-16(18)7-9-20-10-8-16/h3-6,13,17-18H,7-12H2,1-2H3. The van der Waals surface area contributed by atoms with Gasteiger partial charge in [-0.1, -0.05) is 12.1 Å². The first-order valence-corrected chi connectivity index (χ1v) is 8.49. The van der Waals surface area contributed by atoms with E-state index in [1.807, 2.05) is 37.7 Å².